The van der Waals surface area contributed by atoms with Gasteiger partial charge in [0.15, 0.2) is 0 Å². The molecule has 1 aromatic rings. The first-order valence-electron chi connectivity index (χ1n) is 8.42. The highest BCUT2D eigenvalue weighted by atomic mass is 35.5. The number of halogens is 1. The third-order valence-electron chi connectivity index (χ3n) is 4.95. The predicted molar refractivity (Wildman–Crippen MR) is 91.2 cm³/mol. The molecule has 4 nitrogen and oxygen atoms in total. The van der Waals surface area contributed by atoms with Crippen LogP contribution in [0.3, 0.4) is 0 Å². The number of hydrogen-bond acceptors (Lipinski definition) is 4. The van der Waals surface area contributed by atoms with Crippen LogP contribution in [0, 0.1) is 5.92 Å². The summed E-state index contributed by atoms with van der Waals surface area (Å²) < 4.78 is 0. The molecular formula is C17H27ClN4. The van der Waals surface area contributed by atoms with Gasteiger partial charge in [-0.1, -0.05) is 11.6 Å². The zero-order chi connectivity index (χ0) is 15.4. The number of hydrogen-bond donors (Lipinski definition) is 0. The van der Waals surface area contributed by atoms with Gasteiger partial charge >= 0.3 is 0 Å². The molecule has 5 heteroatoms. The van der Waals surface area contributed by atoms with E-state index in [1.54, 1.807) is 6.20 Å². The quantitative estimate of drug-likeness (QED) is 0.847. The molecule has 22 heavy (non-hydrogen) atoms. The van der Waals surface area contributed by atoms with Crippen LogP contribution in [0.15, 0.2) is 18.5 Å². The van der Waals surface area contributed by atoms with Crippen molar-refractivity contribution in [2.75, 3.05) is 52.9 Å². The van der Waals surface area contributed by atoms with Crippen molar-refractivity contribution in [3.05, 3.63) is 29.0 Å². The molecule has 0 bridgehead atoms. The summed E-state index contributed by atoms with van der Waals surface area (Å²) in [6.45, 7) is 9.44. The number of likely N-dealkylation sites (tertiary alicyclic amines) is 1. The first-order valence-corrected chi connectivity index (χ1v) is 8.80. The SMILES string of the molecule is CN1CCN(CC2CCCN(Cc3cnccc3Cl)C2)CC1. The zero-order valence-electron chi connectivity index (χ0n) is 13.5. The van der Waals surface area contributed by atoms with Gasteiger partial charge in [-0.25, -0.2) is 0 Å². The second kappa shape index (κ2) is 7.73. The number of nitrogens with zero attached hydrogens (tertiary/aromatic N) is 4. The maximum absolute atomic E-state index is 6.27. The Hall–Kier alpha value is -0.680. The molecule has 0 spiro atoms. The average molecular weight is 323 g/mol. The Morgan fingerprint density at radius 1 is 1.18 bits per heavy atom. The van der Waals surface area contributed by atoms with Crippen LogP contribution in [0.4, 0.5) is 0 Å². The van der Waals surface area contributed by atoms with Crippen LogP contribution in [0.2, 0.25) is 5.02 Å². The Bertz CT molecular complexity index is 473. The van der Waals surface area contributed by atoms with Gasteiger partial charge in [0.2, 0.25) is 0 Å². The Morgan fingerprint density at radius 2 is 2.00 bits per heavy atom. The number of pyridine rings is 1. The summed E-state index contributed by atoms with van der Waals surface area (Å²) >= 11 is 6.27. The second-order valence-corrected chi connectivity index (χ2v) is 7.22. The van der Waals surface area contributed by atoms with Gasteiger partial charge < -0.3 is 9.80 Å². The molecule has 122 valence electrons. The topological polar surface area (TPSA) is 22.6 Å². The van der Waals surface area contributed by atoms with Crippen LogP contribution in [0.1, 0.15) is 18.4 Å². The highest BCUT2D eigenvalue weighted by Crippen LogP contribution is 2.22. The zero-order valence-corrected chi connectivity index (χ0v) is 14.3. The molecule has 1 unspecified atom stereocenters. The highest BCUT2D eigenvalue weighted by Gasteiger charge is 2.24. The number of likely N-dealkylation sites (N-methyl/N-ethyl adjacent to an activating group) is 1. The van der Waals surface area contributed by atoms with Crippen molar-refractivity contribution in [3.8, 4) is 0 Å². The van der Waals surface area contributed by atoms with E-state index in [2.05, 4.69) is 26.7 Å². The van der Waals surface area contributed by atoms with Gasteiger partial charge in [0.1, 0.15) is 0 Å². The molecule has 0 N–H and O–H groups in total. The van der Waals surface area contributed by atoms with Crippen LogP contribution >= 0.6 is 11.6 Å². The molecule has 2 aliphatic heterocycles. The normalized spacial score (nSPS) is 25.5. The third kappa shape index (κ3) is 4.42. The van der Waals surface area contributed by atoms with E-state index < -0.39 is 0 Å². The van der Waals surface area contributed by atoms with Gasteiger partial charge in [0, 0.05) is 68.8 Å². The van der Waals surface area contributed by atoms with Crippen molar-refractivity contribution in [3.63, 3.8) is 0 Å². The Balaban J connectivity index is 1.50. The minimum atomic E-state index is 0.799. The molecule has 2 aliphatic rings. The smallest absolute Gasteiger partial charge is 0.0481 e. The molecule has 2 saturated heterocycles. The summed E-state index contributed by atoms with van der Waals surface area (Å²) in [7, 11) is 2.22. The molecule has 3 rings (SSSR count). The van der Waals surface area contributed by atoms with Crippen LogP contribution in [-0.2, 0) is 6.54 Å². The van der Waals surface area contributed by atoms with Crippen molar-refractivity contribution in [2.45, 2.75) is 19.4 Å². The lowest BCUT2D eigenvalue weighted by atomic mass is 9.96. The number of rotatable bonds is 4. The Kier molecular flexibility index (Phi) is 5.69. The monoisotopic (exact) mass is 322 g/mol. The highest BCUT2D eigenvalue weighted by molar-refractivity contribution is 6.31. The minimum absolute atomic E-state index is 0.799. The van der Waals surface area contributed by atoms with E-state index in [-0.39, 0.29) is 0 Å². The van der Waals surface area contributed by atoms with Crippen molar-refractivity contribution >= 4 is 11.6 Å². The fraction of sp³-hybridized carbons (Fsp3) is 0.706. The van der Waals surface area contributed by atoms with Crippen molar-refractivity contribution in [1.82, 2.24) is 19.7 Å². The lowest BCUT2D eigenvalue weighted by Gasteiger charge is -2.38. The summed E-state index contributed by atoms with van der Waals surface area (Å²) in [4.78, 5) is 11.8. The van der Waals surface area contributed by atoms with E-state index in [1.165, 1.54) is 58.7 Å². The molecule has 0 amide bonds. The number of piperazine rings is 1. The van der Waals surface area contributed by atoms with Crippen LogP contribution < -0.4 is 0 Å². The summed E-state index contributed by atoms with van der Waals surface area (Å²) in [6, 6.07) is 1.89. The van der Waals surface area contributed by atoms with E-state index in [4.69, 9.17) is 11.6 Å². The van der Waals surface area contributed by atoms with E-state index in [9.17, 15) is 0 Å². The largest absolute Gasteiger partial charge is 0.304 e. The summed E-state index contributed by atoms with van der Waals surface area (Å²) in [5.41, 5.74) is 1.16. The standard InChI is InChI=1S/C17H27ClN4/c1-20-7-9-21(10-8-20)12-15-3-2-6-22(13-15)14-16-11-19-5-4-17(16)18/h4-5,11,15H,2-3,6-10,12-14H2,1H3. The number of aromatic nitrogens is 1. The van der Waals surface area contributed by atoms with Crippen molar-refractivity contribution < 1.29 is 0 Å². The van der Waals surface area contributed by atoms with Gasteiger partial charge in [0.25, 0.3) is 0 Å². The fourth-order valence-corrected chi connectivity index (χ4v) is 3.77. The van der Waals surface area contributed by atoms with Crippen LogP contribution in [0.25, 0.3) is 0 Å². The fourth-order valence-electron chi connectivity index (χ4n) is 3.61. The summed E-state index contributed by atoms with van der Waals surface area (Å²) in [5, 5.41) is 0.844. The molecule has 0 aliphatic carbocycles. The molecule has 1 aromatic heterocycles. The van der Waals surface area contributed by atoms with Crippen LogP contribution in [0.5, 0.6) is 0 Å². The maximum atomic E-state index is 6.27. The first kappa shape index (κ1) is 16.2. The van der Waals surface area contributed by atoms with Crippen molar-refractivity contribution in [1.29, 1.82) is 0 Å². The Labute approximate surface area is 139 Å². The van der Waals surface area contributed by atoms with Gasteiger partial charge in [0.05, 0.1) is 0 Å². The molecule has 3 heterocycles. The number of piperidine rings is 1. The van der Waals surface area contributed by atoms with Crippen LogP contribution in [-0.4, -0.2) is 72.5 Å². The van der Waals surface area contributed by atoms with E-state index in [0.29, 0.717) is 0 Å². The average Bonchev–Trinajstić information content (AvgIpc) is 2.52. The molecule has 2 fully saturated rings. The summed E-state index contributed by atoms with van der Waals surface area (Å²) in [5.74, 6) is 0.799. The molecule has 0 aromatic carbocycles. The lowest BCUT2D eigenvalue weighted by Crippen LogP contribution is -2.48. The molecule has 0 radical (unpaired) electrons. The van der Waals surface area contributed by atoms with Gasteiger partial charge in [-0.2, -0.15) is 0 Å². The van der Waals surface area contributed by atoms with Crippen molar-refractivity contribution in [2.24, 2.45) is 5.92 Å². The van der Waals surface area contributed by atoms with E-state index in [0.717, 1.165) is 23.0 Å². The van der Waals surface area contributed by atoms with E-state index in [1.807, 2.05) is 12.3 Å². The Morgan fingerprint density at radius 3 is 2.77 bits per heavy atom. The second-order valence-electron chi connectivity index (χ2n) is 6.81. The lowest BCUT2D eigenvalue weighted by molar-refractivity contribution is 0.0966. The third-order valence-corrected chi connectivity index (χ3v) is 5.32. The van der Waals surface area contributed by atoms with E-state index >= 15 is 0 Å². The van der Waals surface area contributed by atoms with Gasteiger partial charge in [-0.3, -0.25) is 9.88 Å². The van der Waals surface area contributed by atoms with Gasteiger partial charge in [-0.05, 0) is 38.4 Å². The summed E-state index contributed by atoms with van der Waals surface area (Å²) in [6.07, 6.45) is 6.34. The first-order chi connectivity index (χ1) is 10.7. The predicted octanol–water partition coefficient (Wildman–Crippen LogP) is 2.19. The maximum Gasteiger partial charge on any atom is 0.0481 e. The molecular weight excluding hydrogens is 296 g/mol. The molecule has 1 atom stereocenters. The minimum Gasteiger partial charge on any atom is -0.304 e. The van der Waals surface area contributed by atoms with Gasteiger partial charge in [-0.15, -0.1) is 0 Å². The molecule has 0 saturated carbocycles.